The second kappa shape index (κ2) is 15.9. The predicted octanol–water partition coefficient (Wildman–Crippen LogP) is 1.61. The zero-order chi connectivity index (χ0) is 34.9. The van der Waals surface area contributed by atoms with Crippen LogP contribution in [0, 0.1) is 0 Å². The molecular formula is C32H32ClN9O7. The third-order valence-corrected chi connectivity index (χ3v) is 7.86. The van der Waals surface area contributed by atoms with Crippen LogP contribution in [0.25, 0.3) is 5.69 Å². The molecule has 0 saturated carbocycles. The molecule has 4 amide bonds. The number of nitrogens with one attached hydrogen (secondary N) is 3. The summed E-state index contributed by atoms with van der Waals surface area (Å²) in [5.74, 6) is -4.04. The molecule has 1 saturated heterocycles. The van der Waals surface area contributed by atoms with E-state index in [2.05, 4.69) is 31.5 Å². The lowest BCUT2D eigenvalue weighted by Gasteiger charge is -2.34. The van der Waals surface area contributed by atoms with Crippen LogP contribution in [-0.4, -0.2) is 106 Å². The molecule has 1 aromatic heterocycles. The van der Waals surface area contributed by atoms with Crippen molar-refractivity contribution in [3.8, 4) is 5.69 Å². The smallest absolute Gasteiger partial charge is 0.335 e. The SMILES string of the molecule is COCCN1CCN(c2ccc(CC(NC(=O)C(=O)Nc3cc(Cl)ccc3-n3cnnn3)C(=O)Nc3ccc(C(=O)O)cc3)cc2)C(=O)C1. The van der Waals surface area contributed by atoms with E-state index in [1.54, 1.807) is 48.4 Å². The molecule has 0 radical (unpaired) electrons. The summed E-state index contributed by atoms with van der Waals surface area (Å²) in [5, 5.41) is 28.1. The lowest BCUT2D eigenvalue weighted by atomic mass is 10.0. The number of amides is 4. The van der Waals surface area contributed by atoms with E-state index < -0.39 is 29.7 Å². The minimum atomic E-state index is -1.24. The molecule has 254 valence electrons. The van der Waals surface area contributed by atoms with Gasteiger partial charge in [0, 0.05) is 49.6 Å². The number of carboxylic acid groups (broad SMARTS) is 1. The minimum absolute atomic E-state index is 0.0237. The summed E-state index contributed by atoms with van der Waals surface area (Å²) < 4.78 is 6.38. The molecule has 1 atom stereocenters. The summed E-state index contributed by atoms with van der Waals surface area (Å²) in [6, 6.07) is 15.7. The number of tetrazole rings is 1. The van der Waals surface area contributed by atoms with Crippen molar-refractivity contribution in [1.82, 2.24) is 30.4 Å². The Hall–Kier alpha value is -5.71. The molecule has 1 unspecified atom stereocenters. The van der Waals surface area contributed by atoms with E-state index >= 15 is 0 Å². The van der Waals surface area contributed by atoms with E-state index in [9.17, 15) is 29.1 Å². The Kier molecular flexibility index (Phi) is 11.3. The van der Waals surface area contributed by atoms with Crippen LogP contribution in [0.4, 0.5) is 17.1 Å². The van der Waals surface area contributed by atoms with Crippen molar-refractivity contribution in [1.29, 1.82) is 0 Å². The maximum Gasteiger partial charge on any atom is 0.335 e. The molecule has 1 fully saturated rings. The molecule has 1 aliphatic heterocycles. The third-order valence-electron chi connectivity index (χ3n) is 7.63. The van der Waals surface area contributed by atoms with E-state index in [1.165, 1.54) is 41.3 Å². The molecule has 16 nitrogen and oxygen atoms in total. The van der Waals surface area contributed by atoms with Gasteiger partial charge in [0.25, 0.3) is 0 Å². The Morgan fingerprint density at radius 3 is 2.39 bits per heavy atom. The van der Waals surface area contributed by atoms with Crippen molar-refractivity contribution in [2.45, 2.75) is 12.5 Å². The van der Waals surface area contributed by atoms with Gasteiger partial charge in [0.15, 0.2) is 0 Å². The van der Waals surface area contributed by atoms with Crippen molar-refractivity contribution >= 4 is 58.3 Å². The Balaban J connectivity index is 1.31. The number of anilines is 3. The van der Waals surface area contributed by atoms with E-state index in [0.29, 0.717) is 43.2 Å². The first-order valence-electron chi connectivity index (χ1n) is 15.0. The van der Waals surface area contributed by atoms with Crippen LogP contribution in [0.1, 0.15) is 15.9 Å². The number of carbonyl (C=O) groups is 5. The highest BCUT2D eigenvalue weighted by Crippen LogP contribution is 2.24. The molecular weight excluding hydrogens is 658 g/mol. The van der Waals surface area contributed by atoms with Gasteiger partial charge in [0.2, 0.25) is 11.8 Å². The van der Waals surface area contributed by atoms with Crippen LogP contribution in [0.15, 0.2) is 73.1 Å². The van der Waals surface area contributed by atoms with E-state index in [4.69, 9.17) is 16.3 Å². The van der Waals surface area contributed by atoms with Crippen LogP contribution < -0.4 is 20.9 Å². The van der Waals surface area contributed by atoms with Gasteiger partial charge in [-0.3, -0.25) is 24.1 Å². The van der Waals surface area contributed by atoms with E-state index in [0.717, 1.165) is 0 Å². The van der Waals surface area contributed by atoms with Crippen LogP contribution >= 0.6 is 11.6 Å². The summed E-state index contributed by atoms with van der Waals surface area (Å²) >= 11 is 6.13. The molecule has 2 heterocycles. The van der Waals surface area contributed by atoms with E-state index in [-0.39, 0.29) is 40.8 Å². The first-order chi connectivity index (χ1) is 23.6. The number of piperazine rings is 1. The summed E-state index contributed by atoms with van der Waals surface area (Å²) in [6.07, 6.45) is 1.27. The van der Waals surface area contributed by atoms with Crippen molar-refractivity contribution in [2.75, 3.05) is 55.4 Å². The van der Waals surface area contributed by atoms with Crippen LogP contribution in [-0.2, 0) is 30.3 Å². The fourth-order valence-electron chi connectivity index (χ4n) is 5.07. The molecule has 0 bridgehead atoms. The number of carbonyl (C=O) groups excluding carboxylic acids is 4. The fraction of sp³-hybridized carbons (Fsp3) is 0.250. The zero-order valence-electron chi connectivity index (χ0n) is 26.2. The molecule has 17 heteroatoms. The molecule has 1 aliphatic rings. The number of halogens is 1. The number of hydrogen-bond acceptors (Lipinski definition) is 10. The third kappa shape index (κ3) is 9.01. The quantitative estimate of drug-likeness (QED) is 0.158. The van der Waals surface area contributed by atoms with Crippen molar-refractivity contribution in [3.63, 3.8) is 0 Å². The normalized spacial score (nSPS) is 13.8. The standard InChI is InChI=1S/C32H32ClN9O7/c1-49-15-14-40-12-13-41(28(43)18-40)24-9-2-20(3-10-24)16-26(29(44)35-23-7-4-21(5-8-23)32(47)48)37-31(46)30(45)36-25-17-22(33)6-11-27(25)42-19-34-38-39-42/h2-11,17,19,26H,12-16,18H2,1H3,(H,35,44)(H,36,45)(H,37,46)(H,47,48). The average Bonchev–Trinajstić information content (AvgIpc) is 3.63. The van der Waals surface area contributed by atoms with Gasteiger partial charge in [-0.15, -0.1) is 5.10 Å². The number of rotatable bonds is 12. The first-order valence-corrected chi connectivity index (χ1v) is 15.4. The largest absolute Gasteiger partial charge is 0.478 e. The van der Waals surface area contributed by atoms with Gasteiger partial charge >= 0.3 is 17.8 Å². The number of aromatic carboxylic acids is 1. The number of aromatic nitrogens is 4. The topological polar surface area (TPSA) is 201 Å². The number of carboxylic acids is 1. The van der Waals surface area contributed by atoms with E-state index in [1.807, 2.05) is 4.90 Å². The average molecular weight is 690 g/mol. The maximum absolute atomic E-state index is 13.5. The van der Waals surface area contributed by atoms with Crippen molar-refractivity contribution < 1.29 is 33.8 Å². The Bertz CT molecular complexity index is 1820. The number of hydrogen-bond donors (Lipinski definition) is 4. The van der Waals surface area contributed by atoms with Crippen molar-refractivity contribution in [3.05, 3.63) is 89.2 Å². The maximum atomic E-state index is 13.5. The number of ether oxygens (including phenoxy) is 1. The van der Waals surface area contributed by atoms with Gasteiger partial charge in [0.05, 0.1) is 30.1 Å². The van der Waals surface area contributed by atoms with Gasteiger partial charge in [-0.05, 0) is 70.6 Å². The second-order valence-electron chi connectivity index (χ2n) is 11.0. The number of nitrogens with zero attached hydrogens (tertiary/aromatic N) is 6. The molecule has 3 aromatic carbocycles. The van der Waals surface area contributed by atoms with Crippen LogP contribution in [0.3, 0.4) is 0 Å². The number of benzene rings is 3. The summed E-state index contributed by atoms with van der Waals surface area (Å²) in [4.78, 5) is 67.5. The Labute approximate surface area is 285 Å². The molecule has 49 heavy (non-hydrogen) atoms. The van der Waals surface area contributed by atoms with Crippen LogP contribution in [0.2, 0.25) is 5.02 Å². The van der Waals surface area contributed by atoms with Gasteiger partial charge in [-0.25, -0.2) is 4.79 Å². The Morgan fingerprint density at radius 1 is 0.980 bits per heavy atom. The summed E-state index contributed by atoms with van der Waals surface area (Å²) in [5.41, 5.74) is 2.10. The lowest BCUT2D eigenvalue weighted by Crippen LogP contribution is -2.51. The summed E-state index contributed by atoms with van der Waals surface area (Å²) in [6.45, 7) is 2.64. The van der Waals surface area contributed by atoms with Gasteiger partial charge in [-0.2, -0.15) is 4.68 Å². The highest BCUT2D eigenvalue weighted by atomic mass is 35.5. The second-order valence-corrected chi connectivity index (χ2v) is 11.4. The molecule has 5 rings (SSSR count). The Morgan fingerprint density at radius 2 is 1.73 bits per heavy atom. The highest BCUT2D eigenvalue weighted by molar-refractivity contribution is 6.40. The monoisotopic (exact) mass is 689 g/mol. The molecule has 0 aliphatic carbocycles. The van der Waals surface area contributed by atoms with Crippen LogP contribution in [0.5, 0.6) is 0 Å². The predicted molar refractivity (Wildman–Crippen MR) is 178 cm³/mol. The molecule has 4 N–H and O–H groups in total. The van der Waals surface area contributed by atoms with Gasteiger partial charge in [0.1, 0.15) is 12.4 Å². The lowest BCUT2D eigenvalue weighted by molar-refractivity contribution is -0.137. The highest BCUT2D eigenvalue weighted by Gasteiger charge is 2.27. The van der Waals surface area contributed by atoms with Crippen molar-refractivity contribution in [2.24, 2.45) is 0 Å². The minimum Gasteiger partial charge on any atom is -0.478 e. The van der Waals surface area contributed by atoms with Gasteiger partial charge in [-0.1, -0.05) is 23.7 Å². The number of methoxy groups -OCH3 is 1. The van der Waals surface area contributed by atoms with Gasteiger partial charge < -0.3 is 30.7 Å². The zero-order valence-corrected chi connectivity index (χ0v) is 27.0. The molecule has 0 spiro atoms. The molecule has 4 aromatic rings. The first kappa shape index (κ1) is 34.6. The summed E-state index contributed by atoms with van der Waals surface area (Å²) in [7, 11) is 1.61. The fourth-order valence-corrected chi connectivity index (χ4v) is 5.24.